The molecule has 2 amide bonds. The van der Waals surface area contributed by atoms with E-state index in [-0.39, 0.29) is 24.9 Å². The first-order valence-corrected chi connectivity index (χ1v) is 8.51. The molecule has 0 saturated carbocycles. The minimum Gasteiger partial charge on any atom is -0.497 e. The number of aryl methyl sites for hydroxylation is 1. The van der Waals surface area contributed by atoms with Crippen LogP contribution in [0.5, 0.6) is 5.75 Å². The lowest BCUT2D eigenvalue weighted by Gasteiger charge is -2.16. The maximum atomic E-state index is 12.1. The van der Waals surface area contributed by atoms with Crippen LogP contribution >= 0.6 is 0 Å². The Morgan fingerprint density at radius 1 is 0.962 bits per heavy atom. The maximum absolute atomic E-state index is 12.1. The van der Waals surface area contributed by atoms with Gasteiger partial charge in [0.1, 0.15) is 5.75 Å². The van der Waals surface area contributed by atoms with Gasteiger partial charge in [0.15, 0.2) is 0 Å². The molecule has 0 aliphatic heterocycles. The highest BCUT2D eigenvalue weighted by molar-refractivity contribution is 5.94. The number of benzene rings is 2. The number of carbonyl (C=O) groups is 2. The molecule has 0 aliphatic rings. The lowest BCUT2D eigenvalue weighted by atomic mass is 10.1. The van der Waals surface area contributed by atoms with Crippen LogP contribution in [0.4, 0.5) is 11.4 Å². The fraction of sp³-hybridized carbons (Fsp3) is 0.300. The first-order chi connectivity index (χ1) is 12.5. The third kappa shape index (κ3) is 6.22. The third-order valence-corrected chi connectivity index (χ3v) is 3.83. The van der Waals surface area contributed by atoms with Gasteiger partial charge in [0.05, 0.1) is 20.2 Å². The van der Waals surface area contributed by atoms with Gasteiger partial charge in [-0.15, -0.1) is 0 Å². The molecule has 2 aromatic rings. The van der Waals surface area contributed by atoms with Gasteiger partial charge < -0.3 is 15.4 Å². The van der Waals surface area contributed by atoms with Crippen molar-refractivity contribution in [1.29, 1.82) is 0 Å². The Balaban J connectivity index is 1.79. The minimum absolute atomic E-state index is 0.111. The van der Waals surface area contributed by atoms with Crippen molar-refractivity contribution in [2.24, 2.45) is 0 Å². The molecule has 0 bridgehead atoms. The average Bonchev–Trinajstić information content (AvgIpc) is 2.62. The van der Waals surface area contributed by atoms with Gasteiger partial charge in [0, 0.05) is 17.4 Å². The van der Waals surface area contributed by atoms with Gasteiger partial charge in [0.2, 0.25) is 11.8 Å². The Hall–Kier alpha value is -2.86. The Kier molecular flexibility index (Phi) is 7.17. The van der Waals surface area contributed by atoms with Crippen LogP contribution in [-0.4, -0.2) is 44.0 Å². The lowest BCUT2D eigenvalue weighted by molar-refractivity contribution is -0.119. The second kappa shape index (κ2) is 9.58. The van der Waals surface area contributed by atoms with E-state index >= 15 is 0 Å². The number of amides is 2. The van der Waals surface area contributed by atoms with E-state index in [0.717, 1.165) is 12.1 Å². The third-order valence-electron chi connectivity index (χ3n) is 3.83. The van der Waals surface area contributed by atoms with Gasteiger partial charge in [0.25, 0.3) is 0 Å². The number of hydrogen-bond donors (Lipinski definition) is 2. The van der Waals surface area contributed by atoms with Crippen LogP contribution in [-0.2, 0) is 16.0 Å². The molecule has 0 spiro atoms. The summed E-state index contributed by atoms with van der Waals surface area (Å²) in [6.45, 7) is 2.32. The molecule has 0 atom stereocenters. The predicted octanol–water partition coefficient (Wildman–Crippen LogP) is 2.77. The van der Waals surface area contributed by atoms with E-state index in [9.17, 15) is 9.59 Å². The molecule has 2 N–H and O–H groups in total. The van der Waals surface area contributed by atoms with Gasteiger partial charge in [-0.2, -0.15) is 0 Å². The second-order valence-electron chi connectivity index (χ2n) is 6.05. The van der Waals surface area contributed by atoms with Crippen LogP contribution in [0, 0.1) is 0 Å². The molecule has 0 aromatic heterocycles. The van der Waals surface area contributed by atoms with Gasteiger partial charge in [-0.1, -0.05) is 25.1 Å². The predicted molar refractivity (Wildman–Crippen MR) is 104 cm³/mol. The zero-order chi connectivity index (χ0) is 18.9. The Bertz CT molecular complexity index is 744. The summed E-state index contributed by atoms with van der Waals surface area (Å²) in [5.41, 5.74) is 2.62. The van der Waals surface area contributed by atoms with Crippen molar-refractivity contribution in [2.45, 2.75) is 13.3 Å². The van der Waals surface area contributed by atoms with Crippen LogP contribution < -0.4 is 15.4 Å². The molecular formula is C20H25N3O3. The van der Waals surface area contributed by atoms with Gasteiger partial charge in [-0.25, -0.2) is 0 Å². The molecule has 0 aliphatic carbocycles. The molecule has 138 valence electrons. The van der Waals surface area contributed by atoms with E-state index in [4.69, 9.17) is 4.74 Å². The molecule has 26 heavy (non-hydrogen) atoms. The van der Waals surface area contributed by atoms with Crippen LogP contribution in [0.3, 0.4) is 0 Å². The number of ether oxygens (including phenoxy) is 1. The van der Waals surface area contributed by atoms with Crippen molar-refractivity contribution < 1.29 is 14.3 Å². The number of nitrogens with zero attached hydrogens (tertiary/aromatic N) is 1. The van der Waals surface area contributed by atoms with Crippen molar-refractivity contribution in [3.05, 3.63) is 54.1 Å². The fourth-order valence-electron chi connectivity index (χ4n) is 2.47. The Morgan fingerprint density at radius 2 is 1.58 bits per heavy atom. The molecule has 0 radical (unpaired) electrons. The van der Waals surface area contributed by atoms with E-state index in [1.807, 2.05) is 24.3 Å². The summed E-state index contributed by atoms with van der Waals surface area (Å²) in [6.07, 6.45) is 0.958. The van der Waals surface area contributed by atoms with Gasteiger partial charge >= 0.3 is 0 Å². The fourth-order valence-corrected chi connectivity index (χ4v) is 2.47. The zero-order valence-electron chi connectivity index (χ0n) is 15.4. The number of hydrogen-bond acceptors (Lipinski definition) is 4. The van der Waals surface area contributed by atoms with Crippen LogP contribution in [0.15, 0.2) is 48.5 Å². The molecule has 2 rings (SSSR count). The maximum Gasteiger partial charge on any atom is 0.238 e. The highest BCUT2D eigenvalue weighted by Gasteiger charge is 2.11. The molecule has 0 fully saturated rings. The smallest absolute Gasteiger partial charge is 0.238 e. The number of anilines is 2. The van der Waals surface area contributed by atoms with E-state index in [1.165, 1.54) is 5.56 Å². The van der Waals surface area contributed by atoms with Crippen LogP contribution in [0.25, 0.3) is 0 Å². The largest absolute Gasteiger partial charge is 0.497 e. The van der Waals surface area contributed by atoms with Crippen molar-refractivity contribution in [3.63, 3.8) is 0 Å². The topological polar surface area (TPSA) is 70.7 Å². The van der Waals surface area contributed by atoms with E-state index < -0.39 is 0 Å². The summed E-state index contributed by atoms with van der Waals surface area (Å²) in [5.74, 6) is 0.316. The normalized spacial score (nSPS) is 10.5. The Morgan fingerprint density at radius 3 is 2.15 bits per heavy atom. The summed E-state index contributed by atoms with van der Waals surface area (Å²) >= 11 is 0. The van der Waals surface area contributed by atoms with Crippen molar-refractivity contribution >= 4 is 23.2 Å². The molecule has 6 heteroatoms. The lowest BCUT2D eigenvalue weighted by Crippen LogP contribution is -2.36. The highest BCUT2D eigenvalue weighted by Crippen LogP contribution is 2.16. The average molecular weight is 355 g/mol. The summed E-state index contributed by atoms with van der Waals surface area (Å²) < 4.78 is 5.13. The summed E-state index contributed by atoms with van der Waals surface area (Å²) in [6, 6.07) is 14.9. The van der Waals surface area contributed by atoms with Gasteiger partial charge in [-0.05, 0) is 43.3 Å². The molecule has 0 heterocycles. The highest BCUT2D eigenvalue weighted by atomic mass is 16.5. The molecule has 0 unspecified atom stereocenters. The zero-order valence-corrected chi connectivity index (χ0v) is 15.4. The SMILES string of the molecule is CCc1ccc(NC(=O)CN(C)CC(=O)Nc2cccc(OC)c2)cc1. The van der Waals surface area contributed by atoms with Crippen molar-refractivity contribution in [1.82, 2.24) is 4.90 Å². The summed E-state index contributed by atoms with van der Waals surface area (Å²) in [5, 5.41) is 5.62. The number of carbonyl (C=O) groups excluding carboxylic acids is 2. The summed E-state index contributed by atoms with van der Waals surface area (Å²) in [7, 11) is 3.30. The first-order valence-electron chi connectivity index (χ1n) is 8.51. The number of likely N-dealkylation sites (N-methyl/N-ethyl adjacent to an activating group) is 1. The van der Waals surface area contributed by atoms with Crippen LogP contribution in [0.2, 0.25) is 0 Å². The Labute approximate surface area is 154 Å². The number of nitrogens with one attached hydrogen (secondary N) is 2. The standard InChI is InChI=1S/C20H25N3O3/c1-4-15-8-10-16(11-9-15)21-19(24)13-23(2)14-20(25)22-17-6-5-7-18(12-17)26-3/h5-12H,4,13-14H2,1-3H3,(H,21,24)(H,22,25). The molecule has 6 nitrogen and oxygen atoms in total. The van der Waals surface area contributed by atoms with E-state index in [0.29, 0.717) is 11.4 Å². The quantitative estimate of drug-likeness (QED) is 0.764. The van der Waals surface area contributed by atoms with Crippen molar-refractivity contribution in [3.8, 4) is 5.75 Å². The van der Waals surface area contributed by atoms with Crippen LogP contribution in [0.1, 0.15) is 12.5 Å². The summed E-state index contributed by atoms with van der Waals surface area (Å²) in [4.78, 5) is 25.9. The van der Waals surface area contributed by atoms with Gasteiger partial charge in [-0.3, -0.25) is 14.5 Å². The van der Waals surface area contributed by atoms with Crippen molar-refractivity contribution in [2.75, 3.05) is 37.9 Å². The second-order valence-corrected chi connectivity index (χ2v) is 6.05. The van der Waals surface area contributed by atoms with E-state index in [1.54, 1.807) is 43.3 Å². The van der Waals surface area contributed by atoms with E-state index in [2.05, 4.69) is 17.6 Å². The monoisotopic (exact) mass is 355 g/mol. The molecule has 2 aromatic carbocycles. The first kappa shape index (κ1) is 19.5. The number of rotatable bonds is 8. The number of methoxy groups -OCH3 is 1. The molecular weight excluding hydrogens is 330 g/mol. The molecule has 0 saturated heterocycles. The minimum atomic E-state index is -0.194.